The predicted octanol–water partition coefficient (Wildman–Crippen LogP) is 4.39. The van der Waals surface area contributed by atoms with Crippen molar-refractivity contribution in [2.75, 3.05) is 57.8 Å². The molecule has 2 aromatic rings. The molecule has 1 aromatic carbocycles. The molecule has 1 aromatic heterocycles. The van der Waals surface area contributed by atoms with E-state index in [1.54, 1.807) is 14.0 Å². The zero-order valence-electron chi connectivity index (χ0n) is 31.5. The van der Waals surface area contributed by atoms with E-state index in [-0.39, 0.29) is 34.3 Å². The molecule has 5 rings (SSSR count). The highest BCUT2D eigenvalue weighted by Crippen LogP contribution is 2.48. The van der Waals surface area contributed by atoms with E-state index in [9.17, 15) is 14.4 Å². The molecular weight excluding hydrogens is 673 g/mol. The topological polar surface area (TPSA) is 149 Å². The number of methoxy groups -OCH3 is 1. The summed E-state index contributed by atoms with van der Waals surface area (Å²) < 4.78 is 38.0. The largest absolute Gasteiger partial charge is 0.430 e. The number of anilines is 1. The van der Waals surface area contributed by atoms with Gasteiger partial charge in [0.25, 0.3) is 11.8 Å². The van der Waals surface area contributed by atoms with E-state index in [1.165, 1.54) is 11.2 Å². The van der Waals surface area contributed by atoms with Crippen LogP contribution >= 0.6 is 0 Å². The predicted molar refractivity (Wildman–Crippen MR) is 191 cm³/mol. The first-order chi connectivity index (χ1) is 24.7. The van der Waals surface area contributed by atoms with Crippen molar-refractivity contribution in [3.05, 3.63) is 35.9 Å². The van der Waals surface area contributed by atoms with Gasteiger partial charge < -0.3 is 34.1 Å². The van der Waals surface area contributed by atoms with E-state index >= 15 is 4.39 Å². The van der Waals surface area contributed by atoms with Gasteiger partial charge in [0.05, 0.1) is 11.2 Å². The summed E-state index contributed by atoms with van der Waals surface area (Å²) >= 11 is 0. The molecule has 1 amide bonds. The number of benzene rings is 1. The first kappa shape index (κ1) is 39.0. The van der Waals surface area contributed by atoms with E-state index in [0.29, 0.717) is 37.4 Å². The fourth-order valence-electron chi connectivity index (χ4n) is 7.24. The third kappa shape index (κ3) is 8.69. The maximum Gasteiger partial charge on any atom is 0.336 e. The normalized spacial score (nSPS) is 18.4. The molecule has 1 spiro atoms. The Kier molecular flexibility index (Phi) is 12.2. The lowest BCUT2D eigenvalue weighted by Gasteiger charge is -2.53. The van der Waals surface area contributed by atoms with E-state index in [2.05, 4.69) is 58.0 Å². The molecule has 0 bridgehead atoms. The Morgan fingerprint density at radius 1 is 1.12 bits per heavy atom. The molecule has 284 valence electrons. The molecule has 1 atom stereocenters. The van der Waals surface area contributed by atoms with Crippen molar-refractivity contribution in [1.29, 1.82) is 0 Å². The van der Waals surface area contributed by atoms with Crippen LogP contribution in [0.15, 0.2) is 24.5 Å². The van der Waals surface area contributed by atoms with Crippen LogP contribution in [0.25, 0.3) is 0 Å². The minimum atomic E-state index is -1.08. The van der Waals surface area contributed by atoms with Crippen LogP contribution in [-0.2, 0) is 14.3 Å². The van der Waals surface area contributed by atoms with Crippen molar-refractivity contribution >= 4 is 23.7 Å². The van der Waals surface area contributed by atoms with Gasteiger partial charge in [-0.15, -0.1) is 10.2 Å². The fraction of sp³-hybridized carbons (Fsp3) is 0.622. The van der Waals surface area contributed by atoms with Crippen LogP contribution in [0.3, 0.4) is 0 Å². The lowest BCUT2D eigenvalue weighted by atomic mass is 9.76. The molecule has 4 heterocycles. The quantitative estimate of drug-likeness (QED) is 0.157. The van der Waals surface area contributed by atoms with Crippen molar-refractivity contribution in [2.24, 2.45) is 11.3 Å². The summed E-state index contributed by atoms with van der Waals surface area (Å²) in [6.45, 7) is 19.4. The van der Waals surface area contributed by atoms with Crippen LogP contribution in [0.2, 0.25) is 0 Å². The summed E-state index contributed by atoms with van der Waals surface area (Å²) in [5.74, 6) is -4.44. The number of carbonyl (C=O) groups excluding carboxylic acids is 3. The minimum absolute atomic E-state index is 0.0530. The molecule has 0 aliphatic carbocycles. The second-order valence-electron chi connectivity index (χ2n) is 15.1. The molecule has 0 unspecified atom stereocenters. The van der Waals surface area contributed by atoms with Crippen LogP contribution < -0.4 is 24.4 Å². The Balaban J connectivity index is 1.36. The number of hydrogen-bond acceptors (Lipinski definition) is 13. The van der Waals surface area contributed by atoms with Crippen molar-refractivity contribution in [3.63, 3.8) is 0 Å². The number of fused-ring (bicyclic) bond motifs is 1. The van der Waals surface area contributed by atoms with Gasteiger partial charge in [-0.1, -0.05) is 13.8 Å². The Morgan fingerprint density at radius 2 is 1.81 bits per heavy atom. The highest BCUT2D eigenvalue weighted by atomic mass is 19.1. The third-order valence-electron chi connectivity index (χ3n) is 10.1. The summed E-state index contributed by atoms with van der Waals surface area (Å²) in [4.78, 5) is 49.5. The number of nitrogens with one attached hydrogen (secondary N) is 1. The van der Waals surface area contributed by atoms with Crippen molar-refractivity contribution < 1.29 is 37.7 Å². The molecule has 0 radical (unpaired) electrons. The average molecular weight is 726 g/mol. The third-order valence-corrected chi connectivity index (χ3v) is 10.1. The summed E-state index contributed by atoms with van der Waals surface area (Å²) in [5, 5.41) is 11.7. The number of esters is 2. The van der Waals surface area contributed by atoms with Gasteiger partial charge in [-0.2, -0.15) is 0 Å². The van der Waals surface area contributed by atoms with E-state index in [4.69, 9.17) is 18.9 Å². The Hall–Kier alpha value is -4.21. The number of ether oxygens (including phenoxy) is 4. The van der Waals surface area contributed by atoms with Gasteiger partial charge in [-0.3, -0.25) is 9.69 Å². The van der Waals surface area contributed by atoms with Gasteiger partial charge in [0, 0.05) is 76.0 Å². The summed E-state index contributed by atoms with van der Waals surface area (Å²) in [7, 11) is 1.73. The lowest BCUT2D eigenvalue weighted by molar-refractivity contribution is -0.133. The smallest absolute Gasteiger partial charge is 0.336 e. The molecule has 2 saturated heterocycles. The summed E-state index contributed by atoms with van der Waals surface area (Å²) in [6, 6.07) is 1.12. The van der Waals surface area contributed by atoms with Crippen molar-refractivity contribution in [2.45, 2.75) is 85.4 Å². The van der Waals surface area contributed by atoms with E-state index in [1.807, 2.05) is 13.8 Å². The standard InChI is InChI=1S/C37H52FN7O7/c1-9-45(24(4)5)35(48)25-17-26(38)31-32(51-29(47)13-12-28(46)50-31)30(25)52-34-33(40-22-41-42-34)43-16-14-37(19-43)20-44(21-37)27(23(2)3)11-10-15-39-18-36(6,7)49-8/h12-13,17,22-24,27,39H,9-11,14-16,18-21H2,1-8H3/b13-12+/t27-/m1/s1. The average Bonchev–Trinajstić information content (AvgIpc) is 3.53. The van der Waals surface area contributed by atoms with E-state index in [0.717, 1.165) is 63.7 Å². The van der Waals surface area contributed by atoms with Crippen LogP contribution in [0.5, 0.6) is 23.1 Å². The van der Waals surface area contributed by atoms with Crippen LogP contribution in [0, 0.1) is 17.2 Å². The maximum absolute atomic E-state index is 15.6. The molecule has 2 fully saturated rings. The lowest BCUT2D eigenvalue weighted by Crippen LogP contribution is -2.62. The van der Waals surface area contributed by atoms with Gasteiger partial charge in [0.2, 0.25) is 11.5 Å². The monoisotopic (exact) mass is 725 g/mol. The number of nitrogens with zero attached hydrogens (tertiary/aromatic N) is 6. The van der Waals surface area contributed by atoms with Crippen LogP contribution in [-0.4, -0.2) is 113 Å². The fourth-order valence-corrected chi connectivity index (χ4v) is 7.24. The minimum Gasteiger partial charge on any atom is -0.430 e. The second kappa shape index (κ2) is 16.2. The molecule has 1 N–H and O–H groups in total. The molecule has 3 aliphatic rings. The van der Waals surface area contributed by atoms with Crippen molar-refractivity contribution in [1.82, 2.24) is 30.3 Å². The van der Waals surface area contributed by atoms with Gasteiger partial charge in [0.1, 0.15) is 6.33 Å². The first-order valence-electron chi connectivity index (χ1n) is 18.1. The molecule has 14 nitrogen and oxygen atoms in total. The summed E-state index contributed by atoms with van der Waals surface area (Å²) in [6.07, 6.45) is 6.07. The number of aromatic nitrogens is 3. The number of halogens is 1. The number of likely N-dealkylation sites (tertiary alicyclic amines) is 1. The SMILES string of the molecule is CCN(C(=O)c1cc(F)c2c(c1Oc1nncnc1N1CCC3(C1)CN([C@H](CCCNCC(C)(C)OC)C(C)C)C3)OC(=O)/C=C/C(=O)O2)C(C)C. The highest BCUT2D eigenvalue weighted by Gasteiger charge is 2.50. The van der Waals surface area contributed by atoms with Crippen LogP contribution in [0.4, 0.5) is 10.2 Å². The highest BCUT2D eigenvalue weighted by molar-refractivity contribution is 6.01. The number of rotatable bonds is 15. The Bertz CT molecular complexity index is 1660. The molecule has 15 heteroatoms. The van der Waals surface area contributed by atoms with Crippen molar-refractivity contribution in [3.8, 4) is 23.1 Å². The molecular formula is C37H52FN7O7. The van der Waals surface area contributed by atoms with E-state index < -0.39 is 35.2 Å². The molecule has 3 aliphatic heterocycles. The number of hydrogen-bond donors (Lipinski definition) is 1. The summed E-state index contributed by atoms with van der Waals surface area (Å²) in [5.41, 5.74) is -0.390. The van der Waals surface area contributed by atoms with Crippen LogP contribution in [0.1, 0.15) is 78.1 Å². The van der Waals surface area contributed by atoms with Gasteiger partial charge in [-0.25, -0.2) is 19.0 Å². The molecule has 52 heavy (non-hydrogen) atoms. The Labute approximate surface area is 305 Å². The maximum atomic E-state index is 15.6. The van der Waals surface area contributed by atoms with Gasteiger partial charge >= 0.3 is 11.9 Å². The second-order valence-corrected chi connectivity index (χ2v) is 15.1. The zero-order chi connectivity index (χ0) is 37.8. The molecule has 0 saturated carbocycles. The Morgan fingerprint density at radius 3 is 2.44 bits per heavy atom. The first-order valence-corrected chi connectivity index (χ1v) is 18.1. The number of amides is 1. The van der Waals surface area contributed by atoms with Gasteiger partial charge in [0.15, 0.2) is 17.4 Å². The van der Waals surface area contributed by atoms with Gasteiger partial charge in [-0.05, 0) is 72.4 Å². The number of carbonyl (C=O) groups is 3. The zero-order valence-corrected chi connectivity index (χ0v) is 31.5.